The Morgan fingerprint density at radius 3 is 2.70 bits per heavy atom. The predicted octanol–water partition coefficient (Wildman–Crippen LogP) is 4.73. The van der Waals surface area contributed by atoms with Gasteiger partial charge in [-0.1, -0.05) is 27.5 Å². The molecular formula is C13H8BrClFNO3. The van der Waals surface area contributed by atoms with Crippen molar-refractivity contribution in [1.29, 1.82) is 0 Å². The van der Waals surface area contributed by atoms with Gasteiger partial charge in [0.05, 0.1) is 16.0 Å². The van der Waals surface area contributed by atoms with Crippen LogP contribution in [0.5, 0.6) is 5.75 Å². The summed E-state index contributed by atoms with van der Waals surface area (Å²) in [5.74, 6) is -0.218. The molecule has 0 aliphatic heterocycles. The zero-order valence-corrected chi connectivity index (χ0v) is 12.3. The van der Waals surface area contributed by atoms with Crippen LogP contribution in [0.2, 0.25) is 5.02 Å². The monoisotopic (exact) mass is 359 g/mol. The summed E-state index contributed by atoms with van der Waals surface area (Å²) in [6.07, 6.45) is 0. The second-order valence-electron chi connectivity index (χ2n) is 3.94. The van der Waals surface area contributed by atoms with E-state index >= 15 is 0 Å². The average molecular weight is 361 g/mol. The first kappa shape index (κ1) is 14.7. The molecule has 0 heterocycles. The fourth-order valence-corrected chi connectivity index (χ4v) is 2.26. The minimum absolute atomic E-state index is 0.0528. The maximum Gasteiger partial charge on any atom is 0.273 e. The van der Waals surface area contributed by atoms with E-state index in [1.54, 1.807) is 6.07 Å². The Labute approximate surface area is 127 Å². The van der Waals surface area contributed by atoms with Crippen molar-refractivity contribution in [3.63, 3.8) is 0 Å². The van der Waals surface area contributed by atoms with E-state index in [2.05, 4.69) is 15.9 Å². The van der Waals surface area contributed by atoms with Gasteiger partial charge >= 0.3 is 0 Å². The van der Waals surface area contributed by atoms with Crippen LogP contribution in [-0.4, -0.2) is 4.92 Å². The van der Waals surface area contributed by atoms with Crippen molar-refractivity contribution in [2.45, 2.75) is 6.61 Å². The number of ether oxygens (including phenoxy) is 1. The van der Waals surface area contributed by atoms with Crippen LogP contribution < -0.4 is 4.74 Å². The van der Waals surface area contributed by atoms with Gasteiger partial charge in [-0.15, -0.1) is 0 Å². The topological polar surface area (TPSA) is 52.4 Å². The van der Waals surface area contributed by atoms with E-state index < -0.39 is 10.7 Å². The summed E-state index contributed by atoms with van der Waals surface area (Å²) in [4.78, 5) is 10.1. The Hall–Kier alpha value is -1.66. The molecule has 0 saturated carbocycles. The van der Waals surface area contributed by atoms with Gasteiger partial charge in [-0.2, -0.15) is 0 Å². The highest BCUT2D eigenvalue weighted by Gasteiger charge is 2.11. The Morgan fingerprint density at radius 2 is 2.05 bits per heavy atom. The molecule has 0 aliphatic rings. The Bertz CT molecular complexity index is 646. The van der Waals surface area contributed by atoms with Crippen LogP contribution in [0.1, 0.15) is 5.56 Å². The van der Waals surface area contributed by atoms with E-state index in [0.717, 1.165) is 0 Å². The number of nitro benzene ring substituents is 1. The van der Waals surface area contributed by atoms with Crippen LogP contribution in [0, 0.1) is 15.9 Å². The molecule has 20 heavy (non-hydrogen) atoms. The van der Waals surface area contributed by atoms with Gasteiger partial charge in [0.25, 0.3) is 5.69 Å². The first-order valence-corrected chi connectivity index (χ1v) is 6.64. The predicted molar refractivity (Wildman–Crippen MR) is 76.5 cm³/mol. The Balaban J connectivity index is 2.18. The van der Waals surface area contributed by atoms with E-state index in [0.29, 0.717) is 10.0 Å². The van der Waals surface area contributed by atoms with E-state index in [-0.39, 0.29) is 23.1 Å². The standard InChI is InChI=1S/C13H8BrClFNO3/c14-9-3-8(4-10(16)5-9)7-20-13-6-11(17(18)19)1-2-12(13)15/h1-6H,7H2. The molecule has 0 bridgehead atoms. The van der Waals surface area contributed by atoms with Crippen molar-refractivity contribution in [1.82, 2.24) is 0 Å². The Morgan fingerprint density at radius 1 is 1.30 bits per heavy atom. The lowest BCUT2D eigenvalue weighted by molar-refractivity contribution is -0.384. The van der Waals surface area contributed by atoms with E-state index in [9.17, 15) is 14.5 Å². The van der Waals surface area contributed by atoms with E-state index in [1.165, 1.54) is 30.3 Å². The van der Waals surface area contributed by atoms with Crippen molar-refractivity contribution < 1.29 is 14.1 Å². The highest BCUT2D eigenvalue weighted by Crippen LogP contribution is 2.29. The molecule has 2 aromatic carbocycles. The van der Waals surface area contributed by atoms with Crippen LogP contribution in [0.25, 0.3) is 0 Å². The molecule has 0 unspecified atom stereocenters. The second-order valence-corrected chi connectivity index (χ2v) is 5.26. The van der Waals surface area contributed by atoms with Crippen LogP contribution in [0.4, 0.5) is 10.1 Å². The fraction of sp³-hybridized carbons (Fsp3) is 0.0769. The quantitative estimate of drug-likeness (QED) is 0.585. The highest BCUT2D eigenvalue weighted by molar-refractivity contribution is 9.10. The van der Waals surface area contributed by atoms with Crippen molar-refractivity contribution in [3.05, 3.63) is 67.4 Å². The molecule has 2 aromatic rings. The molecule has 0 aliphatic carbocycles. The summed E-state index contributed by atoms with van der Waals surface area (Å²) in [6.45, 7) is 0.0528. The van der Waals surface area contributed by atoms with Crippen molar-refractivity contribution in [2.75, 3.05) is 0 Å². The second kappa shape index (κ2) is 6.19. The molecule has 2 rings (SSSR count). The van der Waals surface area contributed by atoms with Gasteiger partial charge < -0.3 is 4.74 Å². The lowest BCUT2D eigenvalue weighted by Crippen LogP contribution is -1.98. The summed E-state index contributed by atoms with van der Waals surface area (Å²) in [5, 5.41) is 10.9. The van der Waals surface area contributed by atoms with E-state index in [1.807, 2.05) is 0 Å². The van der Waals surface area contributed by atoms with Gasteiger partial charge in [-0.05, 0) is 29.8 Å². The Kier molecular flexibility index (Phi) is 4.57. The number of nitrogens with zero attached hydrogens (tertiary/aromatic N) is 1. The summed E-state index contributed by atoms with van der Waals surface area (Å²) in [7, 11) is 0. The molecule has 0 saturated heterocycles. The zero-order chi connectivity index (χ0) is 14.7. The summed E-state index contributed by atoms with van der Waals surface area (Å²) in [5.41, 5.74) is 0.462. The molecule has 0 spiro atoms. The molecule has 0 amide bonds. The van der Waals surface area contributed by atoms with Gasteiger partial charge in [-0.3, -0.25) is 10.1 Å². The smallest absolute Gasteiger partial charge is 0.273 e. The lowest BCUT2D eigenvalue weighted by atomic mass is 10.2. The summed E-state index contributed by atoms with van der Waals surface area (Å²) < 4.78 is 19.2. The number of benzene rings is 2. The SMILES string of the molecule is O=[N+]([O-])c1ccc(Cl)c(OCc2cc(F)cc(Br)c2)c1. The number of halogens is 3. The zero-order valence-electron chi connectivity index (χ0n) is 9.98. The first-order chi connectivity index (χ1) is 9.45. The molecule has 104 valence electrons. The van der Waals surface area contributed by atoms with Crippen molar-refractivity contribution >= 4 is 33.2 Å². The van der Waals surface area contributed by atoms with Crippen molar-refractivity contribution in [2.24, 2.45) is 0 Å². The van der Waals surface area contributed by atoms with Crippen LogP contribution in [0.3, 0.4) is 0 Å². The van der Waals surface area contributed by atoms with Crippen LogP contribution in [0.15, 0.2) is 40.9 Å². The highest BCUT2D eigenvalue weighted by atomic mass is 79.9. The van der Waals surface area contributed by atoms with E-state index in [4.69, 9.17) is 16.3 Å². The molecular weight excluding hydrogens is 353 g/mol. The molecule has 0 aromatic heterocycles. The molecule has 0 radical (unpaired) electrons. The lowest BCUT2D eigenvalue weighted by Gasteiger charge is -2.08. The largest absolute Gasteiger partial charge is 0.487 e. The maximum atomic E-state index is 13.2. The van der Waals surface area contributed by atoms with Gasteiger partial charge in [0.15, 0.2) is 0 Å². The van der Waals surface area contributed by atoms with Crippen LogP contribution >= 0.6 is 27.5 Å². The number of nitro groups is 1. The van der Waals surface area contributed by atoms with Gasteiger partial charge in [0, 0.05) is 10.5 Å². The average Bonchev–Trinajstić information content (AvgIpc) is 2.36. The normalized spacial score (nSPS) is 10.3. The third-order valence-electron chi connectivity index (χ3n) is 2.44. The number of hydrogen-bond acceptors (Lipinski definition) is 3. The maximum absolute atomic E-state index is 13.2. The molecule has 7 heteroatoms. The number of non-ortho nitro benzene ring substituents is 1. The molecule has 4 nitrogen and oxygen atoms in total. The first-order valence-electron chi connectivity index (χ1n) is 5.47. The molecule has 0 fully saturated rings. The van der Waals surface area contributed by atoms with Crippen LogP contribution in [-0.2, 0) is 6.61 Å². The molecule has 0 N–H and O–H groups in total. The minimum atomic E-state index is -0.540. The summed E-state index contributed by atoms with van der Waals surface area (Å²) in [6, 6.07) is 8.23. The minimum Gasteiger partial charge on any atom is -0.487 e. The third kappa shape index (κ3) is 3.68. The molecule has 0 atom stereocenters. The number of rotatable bonds is 4. The van der Waals surface area contributed by atoms with Gasteiger partial charge in [0.1, 0.15) is 18.2 Å². The third-order valence-corrected chi connectivity index (χ3v) is 3.21. The van der Waals surface area contributed by atoms with Gasteiger partial charge in [0.2, 0.25) is 0 Å². The van der Waals surface area contributed by atoms with Crippen molar-refractivity contribution in [3.8, 4) is 5.75 Å². The number of hydrogen-bond donors (Lipinski definition) is 0. The van der Waals surface area contributed by atoms with Gasteiger partial charge in [-0.25, -0.2) is 4.39 Å². The summed E-state index contributed by atoms with van der Waals surface area (Å²) >= 11 is 9.07. The fourth-order valence-electron chi connectivity index (χ4n) is 1.57.